The molecule has 1 aromatic rings. The fourth-order valence-electron chi connectivity index (χ4n) is 2.64. The first-order valence-electron chi connectivity index (χ1n) is 7.47. The van der Waals surface area contributed by atoms with Gasteiger partial charge in [-0.2, -0.15) is 0 Å². The predicted molar refractivity (Wildman–Crippen MR) is 79.6 cm³/mol. The van der Waals surface area contributed by atoms with E-state index in [1.165, 1.54) is 6.33 Å². The zero-order chi connectivity index (χ0) is 15.4. The molecular weight excluding hydrogens is 271 g/mol. The first-order valence-corrected chi connectivity index (χ1v) is 7.47. The number of aromatic nitrogens is 2. The topological polar surface area (TPSA) is 49.3 Å². The van der Waals surface area contributed by atoms with Gasteiger partial charge in [0.25, 0.3) is 0 Å². The molecule has 1 aliphatic heterocycles. The van der Waals surface area contributed by atoms with Crippen molar-refractivity contribution in [2.45, 2.75) is 32.6 Å². The summed E-state index contributed by atoms with van der Waals surface area (Å²) in [4.78, 5) is 23.4. The molecule has 1 aliphatic rings. The lowest BCUT2D eigenvalue weighted by atomic mass is 9.93. The molecule has 2 rings (SSSR count). The summed E-state index contributed by atoms with van der Waals surface area (Å²) < 4.78 is 14.2. The van der Waals surface area contributed by atoms with Crippen molar-refractivity contribution in [3.05, 3.63) is 17.8 Å². The number of nitrogens with zero attached hydrogens (tertiary/aromatic N) is 4. The van der Waals surface area contributed by atoms with E-state index in [0.29, 0.717) is 30.3 Å². The summed E-state index contributed by atoms with van der Waals surface area (Å²) in [5, 5.41) is 0. The van der Waals surface area contributed by atoms with Gasteiger partial charge < -0.3 is 9.80 Å². The van der Waals surface area contributed by atoms with Crippen molar-refractivity contribution >= 4 is 11.7 Å². The van der Waals surface area contributed by atoms with Gasteiger partial charge >= 0.3 is 0 Å². The van der Waals surface area contributed by atoms with Crippen LogP contribution in [0.3, 0.4) is 0 Å². The molecule has 1 saturated heterocycles. The largest absolute Gasteiger partial charge is 0.354 e. The number of piperidine rings is 1. The molecule has 0 atom stereocenters. The fourth-order valence-corrected chi connectivity index (χ4v) is 2.64. The minimum absolute atomic E-state index is 0.162. The van der Waals surface area contributed by atoms with Gasteiger partial charge in [0.1, 0.15) is 6.33 Å². The molecule has 6 heteroatoms. The molecule has 2 heterocycles. The number of anilines is 1. The molecule has 0 bridgehead atoms. The highest BCUT2D eigenvalue weighted by Gasteiger charge is 2.25. The summed E-state index contributed by atoms with van der Waals surface area (Å²) in [6.45, 7) is 3.36. The number of carbonyl (C=O) groups excluding carboxylic acids is 1. The Labute approximate surface area is 125 Å². The summed E-state index contributed by atoms with van der Waals surface area (Å²) in [7, 11) is 3.56. The van der Waals surface area contributed by atoms with Crippen LogP contribution in [-0.2, 0) is 11.2 Å². The molecular formula is C15H23FN4O. The lowest BCUT2D eigenvalue weighted by Crippen LogP contribution is -2.37. The third kappa shape index (κ3) is 3.68. The molecule has 0 unspecified atom stereocenters. The highest BCUT2D eigenvalue weighted by atomic mass is 19.1. The second kappa shape index (κ2) is 6.83. The summed E-state index contributed by atoms with van der Waals surface area (Å²) >= 11 is 0. The van der Waals surface area contributed by atoms with E-state index in [0.717, 1.165) is 25.9 Å². The quantitative estimate of drug-likeness (QED) is 0.850. The maximum absolute atomic E-state index is 14.2. The van der Waals surface area contributed by atoms with Crippen LogP contribution in [0.2, 0.25) is 0 Å². The molecule has 0 aromatic carbocycles. The number of carbonyl (C=O) groups is 1. The van der Waals surface area contributed by atoms with Crippen molar-refractivity contribution in [1.82, 2.24) is 14.9 Å². The molecule has 0 N–H and O–H groups in total. The van der Waals surface area contributed by atoms with Crippen LogP contribution >= 0.6 is 0 Å². The Morgan fingerprint density at radius 2 is 2.05 bits per heavy atom. The van der Waals surface area contributed by atoms with Crippen molar-refractivity contribution < 1.29 is 9.18 Å². The third-order valence-corrected chi connectivity index (χ3v) is 4.05. The summed E-state index contributed by atoms with van der Waals surface area (Å²) in [5.41, 5.74) is 0.463. The van der Waals surface area contributed by atoms with Gasteiger partial charge in [-0.3, -0.25) is 4.79 Å². The standard InChI is InChI=1S/C15H23FN4O/c1-4-12-14(16)15(18-10-17-12)20-7-5-11(6-8-20)9-13(21)19(2)3/h10-11H,4-9H2,1-3H3. The number of halogens is 1. The highest BCUT2D eigenvalue weighted by molar-refractivity contribution is 5.75. The van der Waals surface area contributed by atoms with E-state index in [-0.39, 0.29) is 11.7 Å². The normalized spacial score (nSPS) is 16.1. The highest BCUT2D eigenvalue weighted by Crippen LogP contribution is 2.26. The lowest BCUT2D eigenvalue weighted by Gasteiger charge is -2.33. The first-order chi connectivity index (χ1) is 10.0. The van der Waals surface area contributed by atoms with Crippen LogP contribution in [-0.4, -0.2) is 48.0 Å². The monoisotopic (exact) mass is 294 g/mol. The first kappa shape index (κ1) is 15.7. The van der Waals surface area contributed by atoms with Gasteiger partial charge in [-0.25, -0.2) is 14.4 Å². The predicted octanol–water partition coefficient (Wildman–Crippen LogP) is 1.87. The van der Waals surface area contributed by atoms with Crippen LogP contribution in [0.4, 0.5) is 10.2 Å². The number of aryl methyl sites for hydroxylation is 1. The van der Waals surface area contributed by atoms with E-state index < -0.39 is 0 Å². The molecule has 1 amide bonds. The molecule has 0 spiro atoms. The molecule has 5 nitrogen and oxygen atoms in total. The molecule has 0 radical (unpaired) electrons. The van der Waals surface area contributed by atoms with E-state index in [9.17, 15) is 9.18 Å². The van der Waals surface area contributed by atoms with Gasteiger partial charge in [-0.05, 0) is 25.2 Å². The van der Waals surface area contributed by atoms with E-state index in [1.807, 2.05) is 11.8 Å². The molecule has 1 fully saturated rings. The van der Waals surface area contributed by atoms with E-state index in [2.05, 4.69) is 9.97 Å². The summed E-state index contributed by atoms with van der Waals surface area (Å²) in [5.74, 6) is 0.642. The Bertz CT molecular complexity index is 498. The molecule has 0 saturated carbocycles. The number of hydrogen-bond donors (Lipinski definition) is 0. The second-order valence-corrected chi connectivity index (χ2v) is 5.73. The maximum atomic E-state index is 14.2. The van der Waals surface area contributed by atoms with Gasteiger partial charge in [0.2, 0.25) is 5.91 Å². The van der Waals surface area contributed by atoms with E-state index in [4.69, 9.17) is 0 Å². The van der Waals surface area contributed by atoms with Crippen LogP contribution in [0.15, 0.2) is 6.33 Å². The van der Waals surface area contributed by atoms with Crippen LogP contribution in [0.25, 0.3) is 0 Å². The Balaban J connectivity index is 1.97. The molecule has 0 aliphatic carbocycles. The zero-order valence-electron chi connectivity index (χ0n) is 13.0. The van der Waals surface area contributed by atoms with Crippen LogP contribution < -0.4 is 4.90 Å². The molecule has 21 heavy (non-hydrogen) atoms. The number of hydrogen-bond acceptors (Lipinski definition) is 4. The SMILES string of the molecule is CCc1ncnc(N2CCC(CC(=O)N(C)C)CC2)c1F. The smallest absolute Gasteiger partial charge is 0.222 e. The second-order valence-electron chi connectivity index (χ2n) is 5.73. The van der Waals surface area contributed by atoms with Gasteiger partial charge in [0, 0.05) is 33.6 Å². The average molecular weight is 294 g/mol. The Hall–Kier alpha value is -1.72. The lowest BCUT2D eigenvalue weighted by molar-refractivity contribution is -0.129. The maximum Gasteiger partial charge on any atom is 0.222 e. The summed E-state index contributed by atoms with van der Waals surface area (Å²) in [6, 6.07) is 0. The van der Waals surface area contributed by atoms with Crippen LogP contribution in [0.5, 0.6) is 0 Å². The van der Waals surface area contributed by atoms with E-state index >= 15 is 0 Å². The van der Waals surface area contributed by atoms with Crippen LogP contribution in [0, 0.1) is 11.7 Å². The van der Waals surface area contributed by atoms with Crippen molar-refractivity contribution in [3.8, 4) is 0 Å². The van der Waals surface area contributed by atoms with Crippen molar-refractivity contribution in [3.63, 3.8) is 0 Å². The Kier molecular flexibility index (Phi) is 5.09. The van der Waals surface area contributed by atoms with Gasteiger partial charge in [-0.1, -0.05) is 6.92 Å². The van der Waals surface area contributed by atoms with Crippen molar-refractivity contribution in [2.24, 2.45) is 5.92 Å². The average Bonchev–Trinajstić information content (AvgIpc) is 2.48. The van der Waals surface area contributed by atoms with Crippen molar-refractivity contribution in [2.75, 3.05) is 32.1 Å². The van der Waals surface area contributed by atoms with Crippen molar-refractivity contribution in [1.29, 1.82) is 0 Å². The van der Waals surface area contributed by atoms with Gasteiger partial charge in [0.15, 0.2) is 11.6 Å². The minimum Gasteiger partial charge on any atom is -0.354 e. The summed E-state index contributed by atoms with van der Waals surface area (Å²) in [6.07, 6.45) is 4.36. The molecule has 1 aromatic heterocycles. The Morgan fingerprint density at radius 1 is 1.38 bits per heavy atom. The molecule has 116 valence electrons. The van der Waals surface area contributed by atoms with Crippen LogP contribution in [0.1, 0.15) is 31.9 Å². The number of amides is 1. The third-order valence-electron chi connectivity index (χ3n) is 4.05. The van der Waals surface area contributed by atoms with Gasteiger partial charge in [0.05, 0.1) is 5.69 Å². The zero-order valence-corrected chi connectivity index (χ0v) is 13.0. The fraction of sp³-hybridized carbons (Fsp3) is 0.667. The Morgan fingerprint density at radius 3 is 2.62 bits per heavy atom. The van der Waals surface area contributed by atoms with Gasteiger partial charge in [-0.15, -0.1) is 0 Å². The number of rotatable bonds is 4. The van der Waals surface area contributed by atoms with E-state index in [1.54, 1.807) is 19.0 Å². The minimum atomic E-state index is -0.303.